The van der Waals surface area contributed by atoms with Gasteiger partial charge in [-0.15, -0.1) is 0 Å². The van der Waals surface area contributed by atoms with Crippen molar-refractivity contribution in [2.24, 2.45) is 0 Å². The van der Waals surface area contributed by atoms with E-state index in [0.717, 1.165) is 17.1 Å². The monoisotopic (exact) mass is 787 g/mol. The lowest BCUT2D eigenvalue weighted by atomic mass is 9.70. The minimum Gasteiger partial charge on any atom is -0.309 e. The summed E-state index contributed by atoms with van der Waals surface area (Å²) in [6.07, 6.45) is 0. The van der Waals surface area contributed by atoms with Crippen LogP contribution in [0.2, 0.25) is 0 Å². The first kappa shape index (κ1) is 35.9. The highest BCUT2D eigenvalue weighted by Gasteiger charge is 2.52. The number of rotatable bonds is 7. The standard InChI is InChI=1S/C61H41N/c1-5-18-42(19-6-1)45-32-36-49(37-33-45)62(58-39-35-48(44-22-9-3-10-23-44)40-52(58)46-24-11-4-12-25-46)59-31-17-30-57-60(59)51-27-14-16-29-55(51)61(57)54-28-15-13-26-50(54)53-41-47(34-38-56(53)61)43-20-7-2-8-21-43/h1-41H. The van der Waals surface area contributed by atoms with Crippen molar-refractivity contribution < 1.29 is 0 Å². The first-order valence-electron chi connectivity index (χ1n) is 21.5. The zero-order valence-corrected chi connectivity index (χ0v) is 34.1. The van der Waals surface area contributed by atoms with Gasteiger partial charge in [-0.3, -0.25) is 0 Å². The molecule has 0 N–H and O–H groups in total. The van der Waals surface area contributed by atoms with Crippen molar-refractivity contribution in [3.63, 3.8) is 0 Å². The minimum atomic E-state index is -0.495. The number of hydrogen-bond donors (Lipinski definition) is 0. The Kier molecular flexibility index (Phi) is 8.47. The van der Waals surface area contributed by atoms with Gasteiger partial charge >= 0.3 is 0 Å². The van der Waals surface area contributed by atoms with Gasteiger partial charge in [0, 0.05) is 16.8 Å². The van der Waals surface area contributed by atoms with E-state index in [0.29, 0.717) is 0 Å². The Bertz CT molecular complexity index is 3260. The van der Waals surface area contributed by atoms with Crippen molar-refractivity contribution in [3.05, 3.63) is 271 Å². The molecule has 0 bridgehead atoms. The summed E-state index contributed by atoms with van der Waals surface area (Å²) in [7, 11) is 0. The average Bonchev–Trinajstić information content (AvgIpc) is 3.83. The Morgan fingerprint density at radius 3 is 1.31 bits per heavy atom. The van der Waals surface area contributed by atoms with E-state index in [4.69, 9.17) is 0 Å². The van der Waals surface area contributed by atoms with Crippen molar-refractivity contribution in [1.29, 1.82) is 0 Å². The molecule has 2 aliphatic rings. The fourth-order valence-electron chi connectivity index (χ4n) is 10.4. The van der Waals surface area contributed by atoms with Gasteiger partial charge in [0.25, 0.3) is 0 Å². The summed E-state index contributed by atoms with van der Waals surface area (Å²) in [6.45, 7) is 0. The SMILES string of the molecule is c1ccc(-c2ccc(N(c3ccc(-c4ccccc4)cc3-c3ccccc3)c3cccc4c3-c3ccccc3C43c4ccccc4-c4cc(-c5ccccc5)ccc43)cc2)cc1. The maximum absolute atomic E-state index is 2.51. The Morgan fingerprint density at radius 2 is 0.677 bits per heavy atom. The van der Waals surface area contributed by atoms with Crippen molar-refractivity contribution >= 4 is 17.1 Å². The van der Waals surface area contributed by atoms with Crippen LogP contribution in [0, 0.1) is 0 Å². The van der Waals surface area contributed by atoms with Crippen molar-refractivity contribution in [3.8, 4) is 66.8 Å². The lowest BCUT2D eigenvalue weighted by molar-refractivity contribution is 0.794. The molecule has 0 aliphatic heterocycles. The summed E-state index contributed by atoms with van der Waals surface area (Å²) in [6, 6.07) is 91.6. The minimum absolute atomic E-state index is 0.495. The quantitative estimate of drug-likeness (QED) is 0.155. The largest absolute Gasteiger partial charge is 0.309 e. The zero-order valence-electron chi connectivity index (χ0n) is 34.1. The smallest absolute Gasteiger partial charge is 0.0726 e. The van der Waals surface area contributed by atoms with Crippen LogP contribution in [-0.2, 0) is 5.41 Å². The summed E-state index contributed by atoms with van der Waals surface area (Å²) in [5.74, 6) is 0. The third kappa shape index (κ3) is 5.56. The highest BCUT2D eigenvalue weighted by atomic mass is 15.1. The van der Waals surface area contributed by atoms with Crippen LogP contribution in [0.1, 0.15) is 22.3 Å². The highest BCUT2D eigenvalue weighted by molar-refractivity contribution is 6.03. The average molecular weight is 788 g/mol. The molecule has 12 rings (SSSR count). The molecule has 0 fully saturated rings. The summed E-state index contributed by atoms with van der Waals surface area (Å²) in [4.78, 5) is 2.51. The third-order valence-corrected chi connectivity index (χ3v) is 13.1. The normalized spacial score (nSPS) is 14.2. The van der Waals surface area contributed by atoms with Gasteiger partial charge in [0.1, 0.15) is 0 Å². The van der Waals surface area contributed by atoms with Gasteiger partial charge in [0.05, 0.1) is 16.8 Å². The van der Waals surface area contributed by atoms with E-state index in [2.05, 4.69) is 254 Å². The summed E-state index contributed by atoms with van der Waals surface area (Å²) < 4.78 is 0. The maximum Gasteiger partial charge on any atom is 0.0726 e. The first-order chi connectivity index (χ1) is 30.8. The predicted octanol–water partition coefficient (Wildman–Crippen LogP) is 16.2. The molecule has 0 saturated carbocycles. The number of fused-ring (bicyclic) bond motifs is 10. The number of nitrogens with zero attached hydrogens (tertiary/aromatic N) is 1. The molecule has 0 aromatic heterocycles. The molecule has 0 amide bonds. The van der Waals surface area contributed by atoms with Crippen LogP contribution in [0.5, 0.6) is 0 Å². The van der Waals surface area contributed by atoms with Crippen LogP contribution in [0.4, 0.5) is 17.1 Å². The van der Waals surface area contributed by atoms with E-state index in [1.165, 1.54) is 89.0 Å². The summed E-state index contributed by atoms with van der Waals surface area (Å²) in [5.41, 5.74) is 22.9. The van der Waals surface area contributed by atoms with Gasteiger partial charge in [0.2, 0.25) is 0 Å². The van der Waals surface area contributed by atoms with E-state index >= 15 is 0 Å². The van der Waals surface area contributed by atoms with Crippen LogP contribution in [0.15, 0.2) is 249 Å². The molecule has 10 aromatic rings. The van der Waals surface area contributed by atoms with Crippen LogP contribution in [0.25, 0.3) is 66.8 Å². The lowest BCUT2D eigenvalue weighted by Gasteiger charge is -2.32. The Labute approximate surface area is 363 Å². The van der Waals surface area contributed by atoms with Gasteiger partial charge in [-0.2, -0.15) is 0 Å². The molecule has 290 valence electrons. The molecule has 0 radical (unpaired) electrons. The van der Waals surface area contributed by atoms with E-state index in [1.54, 1.807) is 0 Å². The molecule has 1 atom stereocenters. The molecular formula is C61H41N. The molecular weight excluding hydrogens is 747 g/mol. The van der Waals surface area contributed by atoms with E-state index in [-0.39, 0.29) is 0 Å². The van der Waals surface area contributed by atoms with Crippen LogP contribution < -0.4 is 4.90 Å². The molecule has 1 heteroatoms. The Morgan fingerprint density at radius 1 is 0.242 bits per heavy atom. The van der Waals surface area contributed by atoms with Crippen LogP contribution in [0.3, 0.4) is 0 Å². The van der Waals surface area contributed by atoms with Crippen molar-refractivity contribution in [2.75, 3.05) is 4.90 Å². The van der Waals surface area contributed by atoms with Crippen molar-refractivity contribution in [1.82, 2.24) is 0 Å². The highest BCUT2D eigenvalue weighted by Crippen LogP contribution is 2.65. The predicted molar refractivity (Wildman–Crippen MR) is 259 cm³/mol. The fraction of sp³-hybridized carbons (Fsp3) is 0.0164. The molecule has 1 spiro atoms. The molecule has 0 saturated heterocycles. The molecule has 10 aromatic carbocycles. The molecule has 1 nitrogen and oxygen atoms in total. The first-order valence-corrected chi connectivity index (χ1v) is 21.5. The second kappa shape index (κ2) is 14.6. The second-order valence-electron chi connectivity index (χ2n) is 16.4. The van der Waals surface area contributed by atoms with Crippen LogP contribution >= 0.6 is 0 Å². The van der Waals surface area contributed by atoms with Gasteiger partial charge in [-0.05, 0) is 114 Å². The topological polar surface area (TPSA) is 3.24 Å². The van der Waals surface area contributed by atoms with Gasteiger partial charge < -0.3 is 4.90 Å². The Balaban J connectivity index is 1.13. The molecule has 0 heterocycles. The number of benzene rings is 10. The summed E-state index contributed by atoms with van der Waals surface area (Å²) >= 11 is 0. The van der Waals surface area contributed by atoms with Gasteiger partial charge in [-0.1, -0.05) is 212 Å². The summed E-state index contributed by atoms with van der Waals surface area (Å²) in [5, 5.41) is 0. The molecule has 62 heavy (non-hydrogen) atoms. The maximum atomic E-state index is 2.51. The fourth-order valence-corrected chi connectivity index (χ4v) is 10.4. The van der Waals surface area contributed by atoms with E-state index in [9.17, 15) is 0 Å². The van der Waals surface area contributed by atoms with Crippen molar-refractivity contribution in [2.45, 2.75) is 5.41 Å². The zero-order chi connectivity index (χ0) is 41.0. The van der Waals surface area contributed by atoms with E-state index < -0.39 is 5.41 Å². The Hall–Kier alpha value is -8.00. The number of anilines is 3. The molecule has 1 unspecified atom stereocenters. The lowest BCUT2D eigenvalue weighted by Crippen LogP contribution is -2.26. The van der Waals surface area contributed by atoms with E-state index in [1.807, 2.05) is 0 Å². The van der Waals surface area contributed by atoms with Gasteiger partial charge in [0.15, 0.2) is 0 Å². The van der Waals surface area contributed by atoms with Crippen LogP contribution in [-0.4, -0.2) is 0 Å². The number of hydrogen-bond acceptors (Lipinski definition) is 1. The third-order valence-electron chi connectivity index (χ3n) is 13.1. The van der Waals surface area contributed by atoms with Gasteiger partial charge in [-0.25, -0.2) is 0 Å². The second-order valence-corrected chi connectivity index (χ2v) is 16.4. The molecule has 2 aliphatic carbocycles.